The van der Waals surface area contributed by atoms with Gasteiger partial charge in [0.15, 0.2) is 0 Å². The smallest absolute Gasteiger partial charge is 0.272 e. The normalized spacial score (nSPS) is 18.3. The highest BCUT2D eigenvalue weighted by Gasteiger charge is 2.36. The fraction of sp³-hybridized carbons (Fsp3) is 0.484. The first-order valence-corrected chi connectivity index (χ1v) is 15.3. The van der Waals surface area contributed by atoms with Crippen molar-refractivity contribution < 1.29 is 23.1 Å². The summed E-state index contributed by atoms with van der Waals surface area (Å²) in [6.07, 6.45) is 0.561. The topological polar surface area (TPSA) is 112 Å². The molecule has 2 amide bonds. The summed E-state index contributed by atoms with van der Waals surface area (Å²) in [7, 11) is 0. The Hall–Kier alpha value is -3.66. The Morgan fingerprint density at radius 2 is 2.07 bits per heavy atom. The number of amides is 2. The number of carbonyl (C=O) groups is 2. The van der Waals surface area contributed by atoms with Gasteiger partial charge in [-0.3, -0.25) is 14.9 Å². The predicted molar refractivity (Wildman–Crippen MR) is 161 cm³/mol. The molecule has 228 valence electrons. The van der Waals surface area contributed by atoms with E-state index in [1.807, 2.05) is 29.7 Å². The molecule has 0 saturated carbocycles. The van der Waals surface area contributed by atoms with E-state index in [-0.39, 0.29) is 38.6 Å². The highest BCUT2D eigenvalue weighted by atomic mass is 32.1. The zero-order chi connectivity index (χ0) is 30.7. The van der Waals surface area contributed by atoms with Gasteiger partial charge in [-0.15, -0.1) is 11.3 Å². The van der Waals surface area contributed by atoms with E-state index < -0.39 is 12.3 Å². The summed E-state index contributed by atoms with van der Waals surface area (Å²) in [6, 6.07) is 10.4. The molecule has 4 heterocycles. The summed E-state index contributed by atoms with van der Waals surface area (Å²) in [6.45, 7) is 9.56. The lowest BCUT2D eigenvalue weighted by Crippen LogP contribution is -2.41. The first-order chi connectivity index (χ1) is 20.6. The zero-order valence-corrected chi connectivity index (χ0v) is 25.3. The van der Waals surface area contributed by atoms with Crippen molar-refractivity contribution >= 4 is 40.1 Å². The first kappa shape index (κ1) is 30.8. The van der Waals surface area contributed by atoms with E-state index in [9.17, 15) is 23.6 Å². The predicted octanol–water partition coefficient (Wildman–Crippen LogP) is 5.51. The summed E-state index contributed by atoms with van der Waals surface area (Å²) < 4.78 is 33.5. The van der Waals surface area contributed by atoms with Gasteiger partial charge in [0, 0.05) is 25.0 Å². The first-order valence-electron chi connectivity index (χ1n) is 14.5. The Balaban J connectivity index is 1.43. The number of aromatic nitrogens is 2. The van der Waals surface area contributed by atoms with E-state index in [1.54, 1.807) is 11.0 Å². The molecular formula is C31H36F2N6O3S. The highest BCUT2D eigenvalue weighted by Crippen LogP contribution is 2.32. The van der Waals surface area contributed by atoms with Gasteiger partial charge in [0.1, 0.15) is 11.6 Å². The molecule has 1 atom stereocenters. The summed E-state index contributed by atoms with van der Waals surface area (Å²) in [5.41, 5.74) is 2.25. The fourth-order valence-corrected chi connectivity index (χ4v) is 6.24. The Bertz CT molecular complexity index is 1570. The molecule has 2 fully saturated rings. The molecule has 43 heavy (non-hydrogen) atoms. The minimum absolute atomic E-state index is 0.104. The Morgan fingerprint density at radius 1 is 1.28 bits per heavy atom. The fourth-order valence-electron chi connectivity index (χ4n) is 5.48. The quantitative estimate of drug-likeness (QED) is 0.219. The molecule has 2 N–H and O–H groups in total. The van der Waals surface area contributed by atoms with Crippen molar-refractivity contribution in [1.29, 1.82) is 5.26 Å². The number of ether oxygens (including phenoxy) is 1. The van der Waals surface area contributed by atoms with Gasteiger partial charge in [-0.1, -0.05) is 32.9 Å². The summed E-state index contributed by atoms with van der Waals surface area (Å²) in [4.78, 5) is 33.1. The number of carbonyl (C=O) groups excluding carboxylic acids is 2. The molecule has 0 bridgehead atoms. The Morgan fingerprint density at radius 3 is 2.72 bits per heavy atom. The second kappa shape index (κ2) is 12.9. The number of nitrogens with zero attached hydrogens (tertiary/aromatic N) is 4. The minimum atomic E-state index is -2.66. The standard InChI is InChI=1S/C31H36F2N6O3S/c1-19(2)14-35-15-20-6-7-24-23(11-20)36-30(37-28(40)26-9-8-25(43-26)27(32)33)39(24)16-22-5-4-10-38(22)29(41)21(13-34)12-31(3)17-42-18-31/h6-9,11-12,19,22,27,35H,4-5,10,14-18H2,1-3H3,(H,36,37,40). The number of nitrogens with one attached hydrogen (secondary N) is 2. The average molecular weight is 611 g/mol. The number of alkyl halides is 2. The van der Waals surface area contributed by atoms with Crippen LogP contribution in [0.2, 0.25) is 0 Å². The van der Waals surface area contributed by atoms with Crippen LogP contribution in [-0.2, 0) is 22.6 Å². The Labute approximate surface area is 253 Å². The Kier molecular flexibility index (Phi) is 9.25. The maximum Gasteiger partial charge on any atom is 0.272 e. The lowest BCUT2D eigenvalue weighted by atomic mass is 9.86. The van der Waals surface area contributed by atoms with Crippen molar-refractivity contribution in [3.8, 4) is 6.07 Å². The molecule has 2 aliphatic rings. The van der Waals surface area contributed by atoms with Crippen molar-refractivity contribution in [2.75, 3.05) is 31.6 Å². The molecule has 1 aromatic carbocycles. The molecule has 0 radical (unpaired) electrons. The van der Waals surface area contributed by atoms with E-state index in [0.29, 0.717) is 44.3 Å². The van der Waals surface area contributed by atoms with Gasteiger partial charge in [-0.25, -0.2) is 13.8 Å². The van der Waals surface area contributed by atoms with Crippen LogP contribution in [0.1, 0.15) is 60.2 Å². The van der Waals surface area contributed by atoms with Gasteiger partial charge in [0.25, 0.3) is 18.2 Å². The number of nitriles is 1. The van der Waals surface area contributed by atoms with Crippen molar-refractivity contribution in [2.45, 2.75) is 59.2 Å². The molecule has 5 rings (SSSR count). The molecular weight excluding hydrogens is 574 g/mol. The molecule has 2 saturated heterocycles. The van der Waals surface area contributed by atoms with E-state index in [4.69, 9.17) is 9.72 Å². The van der Waals surface area contributed by atoms with Crippen LogP contribution in [0.3, 0.4) is 0 Å². The third-order valence-electron chi connectivity index (χ3n) is 7.72. The monoisotopic (exact) mass is 610 g/mol. The number of halogens is 2. The van der Waals surface area contributed by atoms with Crippen LogP contribution >= 0.6 is 11.3 Å². The van der Waals surface area contributed by atoms with E-state index in [1.165, 1.54) is 12.1 Å². The van der Waals surface area contributed by atoms with Crippen molar-refractivity contribution in [3.05, 3.63) is 57.3 Å². The number of hydrogen-bond acceptors (Lipinski definition) is 7. The SMILES string of the molecule is CC(C)CNCc1ccc2c(c1)nc(NC(=O)c1ccc(C(F)F)s1)n2CC1CCCN1C(=O)C(C#N)=CC1(C)COC1. The van der Waals surface area contributed by atoms with E-state index in [2.05, 4.69) is 30.6 Å². The molecule has 12 heteroatoms. The molecule has 2 aliphatic heterocycles. The van der Waals surface area contributed by atoms with Gasteiger partial charge in [0.2, 0.25) is 5.95 Å². The maximum atomic E-state index is 13.5. The molecule has 0 aliphatic carbocycles. The average Bonchev–Trinajstić information content (AvgIpc) is 3.70. The van der Waals surface area contributed by atoms with Crippen LogP contribution in [-0.4, -0.2) is 58.6 Å². The summed E-state index contributed by atoms with van der Waals surface area (Å²) >= 11 is 0.743. The van der Waals surface area contributed by atoms with Crippen molar-refractivity contribution in [2.24, 2.45) is 11.3 Å². The second-order valence-corrected chi connectivity index (χ2v) is 13.1. The lowest BCUT2D eigenvalue weighted by molar-refractivity contribution is -0.128. The summed E-state index contributed by atoms with van der Waals surface area (Å²) in [5.74, 6) is -0.0678. The van der Waals surface area contributed by atoms with Gasteiger partial charge in [-0.05, 0) is 55.1 Å². The van der Waals surface area contributed by atoms with E-state index >= 15 is 0 Å². The van der Waals surface area contributed by atoms with Crippen LogP contribution in [0, 0.1) is 22.7 Å². The number of imidazole rings is 1. The van der Waals surface area contributed by atoms with Gasteiger partial charge >= 0.3 is 0 Å². The number of benzene rings is 1. The van der Waals surface area contributed by atoms with Crippen LogP contribution in [0.4, 0.5) is 14.7 Å². The van der Waals surface area contributed by atoms with Crippen LogP contribution < -0.4 is 10.6 Å². The third kappa shape index (κ3) is 6.95. The lowest BCUT2D eigenvalue weighted by Gasteiger charge is -2.35. The maximum absolute atomic E-state index is 13.5. The molecule has 9 nitrogen and oxygen atoms in total. The van der Waals surface area contributed by atoms with Crippen LogP contribution in [0.25, 0.3) is 11.0 Å². The largest absolute Gasteiger partial charge is 0.379 e. The number of fused-ring (bicyclic) bond motifs is 1. The van der Waals surface area contributed by atoms with Crippen LogP contribution in [0.15, 0.2) is 42.0 Å². The van der Waals surface area contributed by atoms with Crippen LogP contribution in [0.5, 0.6) is 0 Å². The third-order valence-corrected chi connectivity index (χ3v) is 8.82. The minimum Gasteiger partial charge on any atom is -0.379 e. The van der Waals surface area contributed by atoms with Gasteiger partial charge < -0.3 is 19.5 Å². The van der Waals surface area contributed by atoms with Gasteiger partial charge in [0.05, 0.1) is 40.0 Å². The highest BCUT2D eigenvalue weighted by molar-refractivity contribution is 7.14. The summed E-state index contributed by atoms with van der Waals surface area (Å²) in [5, 5.41) is 16.1. The number of thiophene rings is 1. The number of anilines is 1. The molecule has 0 spiro atoms. The molecule has 2 aromatic heterocycles. The van der Waals surface area contributed by atoms with Crippen molar-refractivity contribution in [1.82, 2.24) is 19.8 Å². The number of rotatable bonds is 11. The number of likely N-dealkylation sites (tertiary alicyclic amines) is 1. The number of hydrogen-bond donors (Lipinski definition) is 2. The van der Waals surface area contributed by atoms with E-state index in [0.717, 1.165) is 41.8 Å². The van der Waals surface area contributed by atoms with Crippen molar-refractivity contribution in [3.63, 3.8) is 0 Å². The molecule has 1 unspecified atom stereocenters. The zero-order valence-electron chi connectivity index (χ0n) is 24.5. The van der Waals surface area contributed by atoms with Gasteiger partial charge in [-0.2, -0.15) is 5.26 Å². The second-order valence-electron chi connectivity index (χ2n) is 12.0. The molecule has 3 aromatic rings.